The zero-order valence-electron chi connectivity index (χ0n) is 12.0. The summed E-state index contributed by atoms with van der Waals surface area (Å²) in [6, 6.07) is 7.05. The van der Waals surface area contributed by atoms with Crippen molar-refractivity contribution in [3.8, 4) is 5.75 Å². The lowest BCUT2D eigenvalue weighted by Gasteiger charge is -2.27. The molecule has 0 fully saturated rings. The second-order valence-electron chi connectivity index (χ2n) is 4.68. The summed E-state index contributed by atoms with van der Waals surface area (Å²) in [6.07, 6.45) is 0.0703. The van der Waals surface area contributed by atoms with Crippen LogP contribution in [-0.4, -0.2) is 30.8 Å². The van der Waals surface area contributed by atoms with Crippen LogP contribution in [0.4, 0.5) is 0 Å². The molecule has 0 bridgehead atoms. The summed E-state index contributed by atoms with van der Waals surface area (Å²) in [6.45, 7) is 3.68. The molecule has 5 heteroatoms. The summed E-state index contributed by atoms with van der Waals surface area (Å²) in [5, 5.41) is 8.86. The predicted molar refractivity (Wildman–Crippen MR) is 73.8 cm³/mol. The molecule has 20 heavy (non-hydrogen) atoms. The summed E-state index contributed by atoms with van der Waals surface area (Å²) in [7, 11) is 1.54. The van der Waals surface area contributed by atoms with Crippen LogP contribution in [0.25, 0.3) is 0 Å². The van der Waals surface area contributed by atoms with Crippen molar-refractivity contribution in [1.82, 2.24) is 0 Å². The van der Waals surface area contributed by atoms with Crippen molar-refractivity contribution in [1.29, 1.82) is 0 Å². The van der Waals surface area contributed by atoms with Crippen molar-refractivity contribution in [3.05, 3.63) is 29.8 Å². The van der Waals surface area contributed by atoms with Gasteiger partial charge in [0.15, 0.2) is 0 Å². The molecule has 0 unspecified atom stereocenters. The maximum atomic E-state index is 12.2. The minimum Gasteiger partial charge on any atom is -0.497 e. The third-order valence-corrected chi connectivity index (χ3v) is 3.27. The molecule has 0 aliphatic heterocycles. The molecule has 1 aromatic carbocycles. The predicted octanol–water partition coefficient (Wildman–Crippen LogP) is 2.38. The average Bonchev–Trinajstić information content (AvgIpc) is 2.45. The van der Waals surface area contributed by atoms with E-state index in [4.69, 9.17) is 14.6 Å². The maximum absolute atomic E-state index is 12.2. The SMILES string of the molecule is CCOC(=O)[C@](C)(CCC(=O)O)c1cccc(OC)c1. The molecule has 1 aromatic rings. The Balaban J connectivity index is 3.13. The van der Waals surface area contributed by atoms with Gasteiger partial charge in [-0.15, -0.1) is 0 Å². The number of hydrogen-bond acceptors (Lipinski definition) is 4. The molecular formula is C15H20O5. The zero-order chi connectivity index (χ0) is 15.2. The Labute approximate surface area is 118 Å². The van der Waals surface area contributed by atoms with E-state index in [1.165, 1.54) is 7.11 Å². The summed E-state index contributed by atoms with van der Waals surface area (Å²) >= 11 is 0. The normalized spacial score (nSPS) is 13.3. The summed E-state index contributed by atoms with van der Waals surface area (Å²) < 4.78 is 10.2. The molecule has 0 aliphatic carbocycles. The molecule has 0 radical (unpaired) electrons. The van der Waals surface area contributed by atoms with Crippen LogP contribution in [0.5, 0.6) is 5.75 Å². The molecule has 0 heterocycles. The highest BCUT2D eigenvalue weighted by molar-refractivity contribution is 5.83. The fourth-order valence-electron chi connectivity index (χ4n) is 1.98. The van der Waals surface area contributed by atoms with Crippen molar-refractivity contribution in [3.63, 3.8) is 0 Å². The van der Waals surface area contributed by atoms with Gasteiger partial charge in [0.2, 0.25) is 0 Å². The van der Waals surface area contributed by atoms with E-state index >= 15 is 0 Å². The molecule has 1 rings (SSSR count). The van der Waals surface area contributed by atoms with Crippen LogP contribution in [0.15, 0.2) is 24.3 Å². The van der Waals surface area contributed by atoms with Gasteiger partial charge >= 0.3 is 11.9 Å². The summed E-state index contributed by atoms with van der Waals surface area (Å²) in [4.78, 5) is 23.0. The van der Waals surface area contributed by atoms with E-state index in [0.29, 0.717) is 11.3 Å². The Bertz CT molecular complexity index is 483. The van der Waals surface area contributed by atoms with E-state index < -0.39 is 17.4 Å². The number of rotatable bonds is 7. The first-order valence-electron chi connectivity index (χ1n) is 6.47. The third-order valence-electron chi connectivity index (χ3n) is 3.27. The second kappa shape index (κ2) is 6.93. The lowest BCUT2D eigenvalue weighted by molar-refractivity contribution is -0.150. The Morgan fingerprint density at radius 1 is 1.35 bits per heavy atom. The third kappa shape index (κ3) is 3.73. The smallest absolute Gasteiger partial charge is 0.316 e. The Morgan fingerprint density at radius 3 is 2.60 bits per heavy atom. The van der Waals surface area contributed by atoms with Crippen LogP contribution in [0.3, 0.4) is 0 Å². The topological polar surface area (TPSA) is 72.8 Å². The van der Waals surface area contributed by atoms with Gasteiger partial charge in [0.05, 0.1) is 19.1 Å². The van der Waals surface area contributed by atoms with Crippen LogP contribution in [0.2, 0.25) is 0 Å². The van der Waals surface area contributed by atoms with Crippen molar-refractivity contribution in [2.45, 2.75) is 32.1 Å². The van der Waals surface area contributed by atoms with Gasteiger partial charge in [0.25, 0.3) is 0 Å². The molecule has 5 nitrogen and oxygen atoms in total. The van der Waals surface area contributed by atoms with E-state index in [0.717, 1.165) is 0 Å². The minimum atomic E-state index is -0.997. The first-order valence-corrected chi connectivity index (χ1v) is 6.47. The molecule has 0 amide bonds. The quantitative estimate of drug-likeness (QED) is 0.776. The number of benzene rings is 1. The largest absolute Gasteiger partial charge is 0.497 e. The Hall–Kier alpha value is -2.04. The highest BCUT2D eigenvalue weighted by atomic mass is 16.5. The standard InChI is InChI=1S/C15H20O5/c1-4-20-14(18)15(2,9-8-13(16)17)11-6-5-7-12(10-11)19-3/h5-7,10H,4,8-9H2,1-3H3,(H,16,17)/t15-/m1/s1. The fourth-order valence-corrected chi connectivity index (χ4v) is 1.98. The monoisotopic (exact) mass is 280 g/mol. The first kappa shape index (κ1) is 16.0. The minimum absolute atomic E-state index is 0.105. The van der Waals surface area contributed by atoms with Crippen LogP contribution in [0.1, 0.15) is 32.3 Å². The Kier molecular flexibility index (Phi) is 5.55. The number of ether oxygens (including phenoxy) is 2. The van der Waals surface area contributed by atoms with E-state index in [1.54, 1.807) is 38.1 Å². The van der Waals surface area contributed by atoms with E-state index in [9.17, 15) is 9.59 Å². The molecule has 0 saturated heterocycles. The van der Waals surface area contributed by atoms with E-state index in [-0.39, 0.29) is 19.4 Å². The van der Waals surface area contributed by atoms with E-state index in [2.05, 4.69) is 0 Å². The molecule has 110 valence electrons. The number of carbonyl (C=O) groups is 2. The van der Waals surface area contributed by atoms with Crippen LogP contribution < -0.4 is 4.74 Å². The van der Waals surface area contributed by atoms with Gasteiger partial charge in [-0.25, -0.2) is 0 Å². The number of aliphatic carboxylic acids is 1. The number of carbonyl (C=O) groups excluding carboxylic acids is 1. The summed E-state index contributed by atoms with van der Waals surface area (Å²) in [5.74, 6) is -0.744. The van der Waals surface area contributed by atoms with Gasteiger partial charge in [-0.3, -0.25) is 9.59 Å². The van der Waals surface area contributed by atoms with E-state index in [1.807, 2.05) is 0 Å². The number of methoxy groups -OCH3 is 1. The van der Waals surface area contributed by atoms with Crippen LogP contribution in [0, 0.1) is 0 Å². The number of esters is 1. The second-order valence-corrected chi connectivity index (χ2v) is 4.68. The number of carboxylic acids is 1. The highest BCUT2D eigenvalue weighted by Crippen LogP contribution is 2.32. The van der Waals surface area contributed by atoms with Crippen molar-refractivity contribution < 1.29 is 24.2 Å². The van der Waals surface area contributed by atoms with Gasteiger partial charge in [0, 0.05) is 6.42 Å². The molecular weight excluding hydrogens is 260 g/mol. The van der Waals surface area contributed by atoms with Crippen molar-refractivity contribution in [2.24, 2.45) is 0 Å². The van der Waals surface area contributed by atoms with Gasteiger partial charge < -0.3 is 14.6 Å². The number of hydrogen-bond donors (Lipinski definition) is 1. The van der Waals surface area contributed by atoms with Crippen molar-refractivity contribution >= 4 is 11.9 Å². The van der Waals surface area contributed by atoms with Crippen molar-refractivity contribution in [2.75, 3.05) is 13.7 Å². The molecule has 0 spiro atoms. The molecule has 0 saturated carbocycles. The van der Waals surface area contributed by atoms with Gasteiger partial charge in [0.1, 0.15) is 5.75 Å². The fraction of sp³-hybridized carbons (Fsp3) is 0.467. The Morgan fingerprint density at radius 2 is 2.05 bits per heavy atom. The lowest BCUT2D eigenvalue weighted by atomic mass is 9.78. The van der Waals surface area contributed by atoms with Crippen LogP contribution >= 0.6 is 0 Å². The maximum Gasteiger partial charge on any atom is 0.316 e. The first-order chi connectivity index (χ1) is 9.43. The zero-order valence-corrected chi connectivity index (χ0v) is 12.0. The highest BCUT2D eigenvalue weighted by Gasteiger charge is 2.37. The molecule has 0 aliphatic rings. The average molecular weight is 280 g/mol. The van der Waals surface area contributed by atoms with Gasteiger partial charge in [-0.05, 0) is 38.0 Å². The lowest BCUT2D eigenvalue weighted by Crippen LogP contribution is -2.35. The molecule has 0 aromatic heterocycles. The van der Waals surface area contributed by atoms with Gasteiger partial charge in [-0.2, -0.15) is 0 Å². The van der Waals surface area contributed by atoms with Crippen LogP contribution in [-0.2, 0) is 19.7 Å². The van der Waals surface area contributed by atoms with Gasteiger partial charge in [-0.1, -0.05) is 12.1 Å². The molecule has 1 atom stereocenters. The molecule has 1 N–H and O–H groups in total. The number of carboxylic acid groups (broad SMARTS) is 1. The summed E-state index contributed by atoms with van der Waals surface area (Å²) in [5.41, 5.74) is -0.306.